The summed E-state index contributed by atoms with van der Waals surface area (Å²) >= 11 is 0. The molecule has 1 aromatic carbocycles. The number of nitrogens with zero attached hydrogens (tertiary/aromatic N) is 4. The molecule has 3 aromatic rings. The van der Waals surface area contributed by atoms with Crippen LogP contribution in [0.25, 0.3) is 22.4 Å². The first-order valence-corrected chi connectivity index (χ1v) is 7.86. The molecule has 1 aliphatic rings. The smallest absolute Gasteiger partial charge is 0.123 e. The van der Waals surface area contributed by atoms with Gasteiger partial charge in [-0.3, -0.25) is 14.7 Å². The summed E-state index contributed by atoms with van der Waals surface area (Å²) in [5.74, 6) is -0.254. The highest BCUT2D eigenvalue weighted by Gasteiger charge is 2.27. The fourth-order valence-electron chi connectivity index (χ4n) is 2.98. The summed E-state index contributed by atoms with van der Waals surface area (Å²) in [6.07, 6.45) is 5.41. The molecule has 4 nitrogen and oxygen atoms in total. The van der Waals surface area contributed by atoms with E-state index >= 15 is 0 Å². The Labute approximate surface area is 139 Å². The number of fused-ring (bicyclic) bond motifs is 1. The molecule has 3 heterocycles. The third-order valence-electron chi connectivity index (χ3n) is 4.15. The largest absolute Gasteiger partial charge is 0.283 e. The molecule has 0 radical (unpaired) electrons. The van der Waals surface area contributed by atoms with Crippen molar-refractivity contribution < 1.29 is 4.39 Å². The minimum atomic E-state index is -0.254. The van der Waals surface area contributed by atoms with E-state index in [9.17, 15) is 4.39 Å². The van der Waals surface area contributed by atoms with Crippen LogP contribution in [0, 0.1) is 5.82 Å². The second kappa shape index (κ2) is 5.37. The lowest BCUT2D eigenvalue weighted by Gasteiger charge is -2.24. The predicted molar refractivity (Wildman–Crippen MR) is 92.5 cm³/mol. The van der Waals surface area contributed by atoms with Crippen molar-refractivity contribution in [3.05, 3.63) is 60.3 Å². The molecule has 0 fully saturated rings. The van der Waals surface area contributed by atoms with Crippen LogP contribution in [-0.4, -0.2) is 26.5 Å². The van der Waals surface area contributed by atoms with Crippen molar-refractivity contribution >= 4 is 6.21 Å². The number of aliphatic imine (C=N–C) groups is 1. The quantitative estimate of drug-likeness (QED) is 0.717. The highest BCUT2D eigenvalue weighted by Crippen LogP contribution is 2.36. The fraction of sp³-hybridized carbons (Fsp3) is 0.211. The molecule has 0 bridgehead atoms. The first kappa shape index (κ1) is 14.8. The first-order chi connectivity index (χ1) is 11.5. The van der Waals surface area contributed by atoms with Crippen LogP contribution in [-0.2, 0) is 6.54 Å². The maximum absolute atomic E-state index is 13.3. The van der Waals surface area contributed by atoms with E-state index in [4.69, 9.17) is 5.10 Å². The lowest BCUT2D eigenvalue weighted by molar-refractivity contribution is 0.401. The molecule has 120 valence electrons. The van der Waals surface area contributed by atoms with Gasteiger partial charge in [-0.1, -0.05) is 0 Å². The van der Waals surface area contributed by atoms with Gasteiger partial charge in [0.15, 0.2) is 0 Å². The number of benzene rings is 1. The topological polar surface area (TPSA) is 43.1 Å². The molecule has 0 saturated heterocycles. The third kappa shape index (κ3) is 2.52. The van der Waals surface area contributed by atoms with Gasteiger partial charge < -0.3 is 0 Å². The number of halogens is 1. The van der Waals surface area contributed by atoms with Gasteiger partial charge in [0.1, 0.15) is 11.5 Å². The first-order valence-electron chi connectivity index (χ1n) is 7.86. The molecule has 1 aliphatic heterocycles. The Kier molecular flexibility index (Phi) is 3.30. The SMILES string of the molecule is CC1(C)Cn2nc(-c3ccc(F)cc3)c(-c3ccncc3)c2C=N1. The maximum atomic E-state index is 13.3. The van der Waals surface area contributed by atoms with E-state index in [1.165, 1.54) is 12.1 Å². The van der Waals surface area contributed by atoms with Crippen LogP contribution in [0.4, 0.5) is 4.39 Å². The summed E-state index contributed by atoms with van der Waals surface area (Å²) in [7, 11) is 0. The molecule has 0 unspecified atom stereocenters. The third-order valence-corrected chi connectivity index (χ3v) is 4.15. The molecule has 24 heavy (non-hydrogen) atoms. The van der Waals surface area contributed by atoms with Crippen molar-refractivity contribution in [1.82, 2.24) is 14.8 Å². The Balaban J connectivity index is 1.95. The molecular formula is C19H17FN4. The molecule has 0 N–H and O–H groups in total. The summed E-state index contributed by atoms with van der Waals surface area (Å²) in [5.41, 5.74) is 4.53. The standard InChI is InChI=1S/C19H17FN4/c1-19(2)12-24-16(11-22-19)17(13-7-9-21-10-8-13)18(23-24)14-3-5-15(20)6-4-14/h3-11H,12H2,1-2H3. The van der Waals surface area contributed by atoms with Crippen molar-refractivity contribution in [3.63, 3.8) is 0 Å². The van der Waals surface area contributed by atoms with Crippen LogP contribution in [0.5, 0.6) is 0 Å². The maximum Gasteiger partial charge on any atom is 0.123 e. The molecule has 4 rings (SSSR count). The van der Waals surface area contributed by atoms with Crippen LogP contribution >= 0.6 is 0 Å². The van der Waals surface area contributed by atoms with Gasteiger partial charge in [-0.2, -0.15) is 5.10 Å². The van der Waals surface area contributed by atoms with Crippen LogP contribution in [0.2, 0.25) is 0 Å². The average molecular weight is 320 g/mol. The van der Waals surface area contributed by atoms with E-state index < -0.39 is 0 Å². The summed E-state index contributed by atoms with van der Waals surface area (Å²) in [5, 5.41) is 4.81. The molecular weight excluding hydrogens is 303 g/mol. The van der Waals surface area contributed by atoms with Crippen LogP contribution in [0.15, 0.2) is 53.8 Å². The monoisotopic (exact) mass is 320 g/mol. The number of hydrogen-bond donors (Lipinski definition) is 0. The van der Waals surface area contributed by atoms with Gasteiger partial charge in [0.05, 0.1) is 17.8 Å². The average Bonchev–Trinajstić information content (AvgIpc) is 2.93. The summed E-state index contributed by atoms with van der Waals surface area (Å²) in [6, 6.07) is 10.4. The lowest BCUT2D eigenvalue weighted by atomic mass is 9.98. The molecule has 0 spiro atoms. The number of pyridine rings is 1. The van der Waals surface area contributed by atoms with Crippen LogP contribution < -0.4 is 0 Å². The Morgan fingerprint density at radius 1 is 1.00 bits per heavy atom. The van der Waals surface area contributed by atoms with E-state index in [0.717, 1.165) is 28.1 Å². The number of hydrogen-bond acceptors (Lipinski definition) is 3. The Hall–Kier alpha value is -2.82. The highest BCUT2D eigenvalue weighted by atomic mass is 19.1. The molecule has 2 aromatic heterocycles. The van der Waals surface area contributed by atoms with Gasteiger partial charge in [-0.05, 0) is 55.8 Å². The van der Waals surface area contributed by atoms with Crippen molar-refractivity contribution in [1.29, 1.82) is 0 Å². The normalized spacial score (nSPS) is 15.3. The minimum absolute atomic E-state index is 0.186. The van der Waals surface area contributed by atoms with Crippen molar-refractivity contribution in [3.8, 4) is 22.4 Å². The summed E-state index contributed by atoms with van der Waals surface area (Å²) in [6.45, 7) is 4.87. The molecule has 5 heteroatoms. The van der Waals surface area contributed by atoms with Crippen molar-refractivity contribution in [2.75, 3.05) is 0 Å². The van der Waals surface area contributed by atoms with E-state index in [1.807, 2.05) is 23.0 Å². The Morgan fingerprint density at radius 2 is 1.71 bits per heavy atom. The van der Waals surface area contributed by atoms with E-state index in [2.05, 4.69) is 23.8 Å². The zero-order valence-electron chi connectivity index (χ0n) is 13.6. The second-order valence-corrected chi connectivity index (χ2v) is 6.58. The molecule has 0 atom stereocenters. The van der Waals surface area contributed by atoms with Gasteiger partial charge in [-0.15, -0.1) is 0 Å². The predicted octanol–water partition coefficient (Wildman–Crippen LogP) is 3.96. The lowest BCUT2D eigenvalue weighted by Crippen LogP contribution is -2.30. The van der Waals surface area contributed by atoms with Gasteiger partial charge in [-0.25, -0.2) is 4.39 Å². The Bertz CT molecular complexity index is 909. The van der Waals surface area contributed by atoms with Gasteiger partial charge in [0.2, 0.25) is 0 Å². The summed E-state index contributed by atoms with van der Waals surface area (Å²) in [4.78, 5) is 8.74. The zero-order valence-corrected chi connectivity index (χ0v) is 13.6. The van der Waals surface area contributed by atoms with E-state index in [-0.39, 0.29) is 11.4 Å². The molecule has 0 saturated carbocycles. The van der Waals surface area contributed by atoms with E-state index in [1.54, 1.807) is 24.5 Å². The van der Waals surface area contributed by atoms with Crippen LogP contribution in [0.3, 0.4) is 0 Å². The van der Waals surface area contributed by atoms with Crippen LogP contribution in [0.1, 0.15) is 19.5 Å². The Morgan fingerprint density at radius 3 is 2.42 bits per heavy atom. The highest BCUT2D eigenvalue weighted by molar-refractivity contribution is 5.95. The number of rotatable bonds is 2. The molecule has 0 amide bonds. The van der Waals surface area contributed by atoms with Gasteiger partial charge in [0.25, 0.3) is 0 Å². The van der Waals surface area contributed by atoms with Gasteiger partial charge in [0, 0.05) is 29.7 Å². The van der Waals surface area contributed by atoms with Crippen molar-refractivity contribution in [2.45, 2.75) is 25.9 Å². The second-order valence-electron chi connectivity index (χ2n) is 6.58. The minimum Gasteiger partial charge on any atom is -0.283 e. The molecule has 0 aliphatic carbocycles. The van der Waals surface area contributed by atoms with Gasteiger partial charge >= 0.3 is 0 Å². The fourth-order valence-corrected chi connectivity index (χ4v) is 2.98. The van der Waals surface area contributed by atoms with E-state index in [0.29, 0.717) is 6.54 Å². The van der Waals surface area contributed by atoms with Crippen molar-refractivity contribution in [2.24, 2.45) is 4.99 Å². The zero-order chi connectivity index (χ0) is 16.7. The number of aromatic nitrogens is 3. The summed E-state index contributed by atoms with van der Waals surface area (Å²) < 4.78 is 15.3.